The van der Waals surface area contributed by atoms with Gasteiger partial charge in [0.05, 0.1) is 12.1 Å². The van der Waals surface area contributed by atoms with Gasteiger partial charge in [0.1, 0.15) is 11.5 Å². The van der Waals surface area contributed by atoms with E-state index in [1.54, 1.807) is 18.2 Å². The molecule has 3 fully saturated rings. The summed E-state index contributed by atoms with van der Waals surface area (Å²) in [4.78, 5) is 13.6. The quantitative estimate of drug-likeness (QED) is 0.803. The van der Waals surface area contributed by atoms with E-state index in [2.05, 4.69) is 10.2 Å². The van der Waals surface area contributed by atoms with Gasteiger partial charge in [-0.2, -0.15) is 0 Å². The van der Waals surface area contributed by atoms with Gasteiger partial charge >= 0.3 is 5.97 Å². The molecule has 3 saturated heterocycles. The van der Waals surface area contributed by atoms with Crippen molar-refractivity contribution in [1.29, 1.82) is 0 Å². The Bertz CT molecular complexity index is 742. The van der Waals surface area contributed by atoms with E-state index >= 15 is 0 Å². The summed E-state index contributed by atoms with van der Waals surface area (Å²) in [6, 6.07) is 11.3. The summed E-state index contributed by atoms with van der Waals surface area (Å²) in [6.07, 6.45) is 2.59. The number of fused-ring (bicyclic) bond motifs is 3. The molecule has 0 amide bonds. The lowest BCUT2D eigenvalue weighted by Gasteiger charge is -2.45. The monoisotopic (exact) mass is 398 g/mol. The summed E-state index contributed by atoms with van der Waals surface area (Å²) in [6.45, 7) is 4.34. The fraction of sp³-hybridized carbons (Fsp3) is 0.421. The van der Waals surface area contributed by atoms with Gasteiger partial charge < -0.3 is 19.7 Å². The van der Waals surface area contributed by atoms with E-state index in [9.17, 15) is 4.79 Å². The highest BCUT2D eigenvalue weighted by Crippen LogP contribution is 2.28. The molecular formula is C19H24Cl2N2O3. The lowest BCUT2D eigenvalue weighted by atomic mass is 9.84. The van der Waals surface area contributed by atoms with Crippen LogP contribution in [0, 0.1) is 5.92 Å². The number of hydrogen-bond donors (Lipinski definition) is 2. The number of nitrogens with one attached hydrogen (secondary N) is 1. The number of carbonyl (C=O) groups is 1. The Balaban J connectivity index is 0.00000121. The highest BCUT2D eigenvalue weighted by molar-refractivity contribution is 5.89. The Hall–Kier alpha value is -1.53. The maximum absolute atomic E-state index is 11.1. The first kappa shape index (κ1) is 20.8. The fourth-order valence-electron chi connectivity index (χ4n) is 3.86. The highest BCUT2D eigenvalue weighted by atomic mass is 35.5. The average Bonchev–Trinajstić information content (AvgIpc) is 3.10. The third kappa shape index (κ3) is 4.41. The number of carboxylic acid groups (broad SMARTS) is 1. The molecule has 26 heavy (non-hydrogen) atoms. The first-order valence-electron chi connectivity index (χ1n) is 8.57. The zero-order valence-corrected chi connectivity index (χ0v) is 16.0. The second kappa shape index (κ2) is 8.91. The van der Waals surface area contributed by atoms with Crippen molar-refractivity contribution in [1.82, 2.24) is 10.2 Å². The zero-order chi connectivity index (χ0) is 16.5. The van der Waals surface area contributed by atoms with Crippen LogP contribution in [0.25, 0.3) is 11.3 Å². The fourth-order valence-corrected chi connectivity index (χ4v) is 3.86. The minimum atomic E-state index is -0.923. The first-order valence-corrected chi connectivity index (χ1v) is 8.57. The number of aromatic carboxylic acids is 1. The number of piperidine rings is 3. The largest absolute Gasteiger partial charge is 0.478 e. The van der Waals surface area contributed by atoms with Crippen molar-refractivity contribution in [3.63, 3.8) is 0 Å². The van der Waals surface area contributed by atoms with Gasteiger partial charge in [-0.25, -0.2) is 4.79 Å². The van der Waals surface area contributed by atoms with Crippen LogP contribution in [0.5, 0.6) is 0 Å². The Kier molecular flexibility index (Phi) is 7.12. The van der Waals surface area contributed by atoms with Crippen molar-refractivity contribution >= 4 is 30.8 Å². The maximum atomic E-state index is 11.1. The Morgan fingerprint density at radius 1 is 1.19 bits per heavy atom. The van der Waals surface area contributed by atoms with Crippen molar-refractivity contribution in [2.75, 3.05) is 19.6 Å². The molecule has 0 spiro atoms. The molecule has 2 aromatic rings. The van der Waals surface area contributed by atoms with Crippen molar-refractivity contribution < 1.29 is 14.3 Å². The number of benzene rings is 1. The molecular weight excluding hydrogens is 375 g/mol. The summed E-state index contributed by atoms with van der Waals surface area (Å²) in [5.74, 6) is 1.47. The minimum absolute atomic E-state index is 0. The predicted octanol–water partition coefficient (Wildman–Crippen LogP) is 3.67. The standard InChI is InChI=1S/C19H22N2O3.2ClH/c22-19(23)15-3-1-2-14(10-15)18-5-4-16(24-18)11-20-17-12-21-8-6-13(17)7-9-21;;/h1-5,10,13,17,20H,6-9,11-12H2,(H,22,23);2*1H. The van der Waals surface area contributed by atoms with E-state index in [1.165, 1.54) is 25.9 Å². The smallest absolute Gasteiger partial charge is 0.335 e. The molecule has 3 aliphatic heterocycles. The molecule has 2 N–H and O–H groups in total. The van der Waals surface area contributed by atoms with E-state index in [0.29, 0.717) is 18.3 Å². The number of carboxylic acids is 1. The van der Waals surface area contributed by atoms with E-state index in [0.717, 1.165) is 23.8 Å². The molecule has 1 aromatic heterocycles. The van der Waals surface area contributed by atoms with E-state index in [-0.39, 0.29) is 30.4 Å². The average molecular weight is 399 g/mol. The summed E-state index contributed by atoms with van der Waals surface area (Å²) in [5, 5.41) is 12.7. The van der Waals surface area contributed by atoms with Crippen LogP contribution in [0.3, 0.4) is 0 Å². The molecule has 2 bridgehead atoms. The van der Waals surface area contributed by atoms with Crippen LogP contribution in [0.15, 0.2) is 40.8 Å². The number of furan rings is 1. The van der Waals surface area contributed by atoms with E-state index in [1.807, 2.05) is 18.2 Å². The second-order valence-corrected chi connectivity index (χ2v) is 6.78. The van der Waals surface area contributed by atoms with Crippen molar-refractivity contribution in [2.45, 2.75) is 25.4 Å². The summed E-state index contributed by atoms with van der Waals surface area (Å²) in [7, 11) is 0. The molecule has 0 saturated carbocycles. The van der Waals surface area contributed by atoms with Crippen molar-refractivity contribution in [2.24, 2.45) is 5.92 Å². The topological polar surface area (TPSA) is 65.7 Å². The normalized spacial score (nSPS) is 23.8. The number of halogens is 2. The molecule has 0 radical (unpaired) electrons. The Morgan fingerprint density at radius 3 is 2.62 bits per heavy atom. The molecule has 1 atom stereocenters. The van der Waals surface area contributed by atoms with Crippen molar-refractivity contribution in [3.05, 3.63) is 47.7 Å². The SMILES string of the molecule is Cl.Cl.O=C(O)c1cccc(-c2ccc(CNC3CN4CCC3CC4)o2)c1. The van der Waals surface area contributed by atoms with Gasteiger partial charge in [-0.15, -0.1) is 24.8 Å². The van der Waals surface area contributed by atoms with Crippen LogP contribution >= 0.6 is 24.8 Å². The van der Waals surface area contributed by atoms with Crippen LogP contribution in [0.1, 0.15) is 29.0 Å². The van der Waals surface area contributed by atoms with Crippen LogP contribution in [0.2, 0.25) is 0 Å². The van der Waals surface area contributed by atoms with Gasteiger partial charge in [0.2, 0.25) is 0 Å². The van der Waals surface area contributed by atoms with Gasteiger partial charge in [0.25, 0.3) is 0 Å². The van der Waals surface area contributed by atoms with Gasteiger partial charge in [-0.3, -0.25) is 0 Å². The molecule has 7 heteroatoms. The third-order valence-corrected chi connectivity index (χ3v) is 5.25. The third-order valence-electron chi connectivity index (χ3n) is 5.25. The van der Waals surface area contributed by atoms with Crippen LogP contribution in [0.4, 0.5) is 0 Å². The summed E-state index contributed by atoms with van der Waals surface area (Å²) >= 11 is 0. The van der Waals surface area contributed by atoms with Crippen molar-refractivity contribution in [3.8, 4) is 11.3 Å². The Labute approximate surface area is 165 Å². The molecule has 142 valence electrons. The molecule has 1 unspecified atom stereocenters. The maximum Gasteiger partial charge on any atom is 0.335 e. The second-order valence-electron chi connectivity index (χ2n) is 6.78. The first-order chi connectivity index (χ1) is 11.7. The predicted molar refractivity (Wildman–Crippen MR) is 105 cm³/mol. The van der Waals surface area contributed by atoms with Gasteiger partial charge in [-0.05, 0) is 56.1 Å². The summed E-state index contributed by atoms with van der Waals surface area (Å²) < 4.78 is 5.91. The molecule has 1 aromatic carbocycles. The van der Waals surface area contributed by atoms with Crippen LogP contribution in [-0.4, -0.2) is 41.7 Å². The lowest BCUT2D eigenvalue weighted by Crippen LogP contribution is -2.55. The highest BCUT2D eigenvalue weighted by Gasteiger charge is 2.33. The Morgan fingerprint density at radius 2 is 1.96 bits per heavy atom. The van der Waals surface area contributed by atoms with Crippen LogP contribution in [-0.2, 0) is 6.54 Å². The van der Waals surface area contributed by atoms with Gasteiger partial charge in [0, 0.05) is 18.2 Å². The molecule has 3 aliphatic rings. The van der Waals surface area contributed by atoms with E-state index < -0.39 is 5.97 Å². The van der Waals surface area contributed by atoms with Gasteiger partial charge in [0.15, 0.2) is 0 Å². The van der Waals surface area contributed by atoms with E-state index in [4.69, 9.17) is 9.52 Å². The zero-order valence-electron chi connectivity index (χ0n) is 14.4. The number of rotatable bonds is 5. The molecule has 0 aliphatic carbocycles. The number of nitrogens with zero attached hydrogens (tertiary/aromatic N) is 1. The molecule has 5 rings (SSSR count). The number of hydrogen-bond acceptors (Lipinski definition) is 4. The molecule has 4 heterocycles. The molecule has 5 nitrogen and oxygen atoms in total. The minimum Gasteiger partial charge on any atom is -0.478 e. The van der Waals surface area contributed by atoms with Gasteiger partial charge in [-0.1, -0.05) is 12.1 Å². The lowest BCUT2D eigenvalue weighted by molar-refractivity contribution is 0.0697. The summed E-state index contributed by atoms with van der Waals surface area (Å²) in [5.41, 5.74) is 1.07. The van der Waals surface area contributed by atoms with Crippen LogP contribution < -0.4 is 5.32 Å².